The predicted molar refractivity (Wildman–Crippen MR) is 79.3 cm³/mol. The molecule has 1 aromatic carbocycles. The molecule has 5 nitrogen and oxygen atoms in total. The number of ether oxygens (including phenoxy) is 2. The molecule has 0 saturated carbocycles. The molecule has 1 aromatic rings. The summed E-state index contributed by atoms with van der Waals surface area (Å²) < 4.78 is 10.1. The zero-order valence-electron chi connectivity index (χ0n) is 12.3. The Labute approximate surface area is 120 Å². The maximum Gasteiger partial charge on any atom is 0.291 e. The van der Waals surface area contributed by atoms with Crippen LogP contribution in [-0.4, -0.2) is 32.7 Å². The van der Waals surface area contributed by atoms with E-state index >= 15 is 0 Å². The molecule has 0 aromatic heterocycles. The molecule has 0 aliphatic heterocycles. The molecule has 0 heterocycles. The second kappa shape index (κ2) is 8.96. The zero-order chi connectivity index (χ0) is 14.8. The summed E-state index contributed by atoms with van der Waals surface area (Å²) in [7, 11) is 3.08. The van der Waals surface area contributed by atoms with Crippen molar-refractivity contribution >= 4 is 11.9 Å². The SMILES string of the molecule is CCCCCN=C(NC(=O)c1ccc(OC)cc1)OC. The number of nitrogens with one attached hydrogen (secondary N) is 1. The van der Waals surface area contributed by atoms with Crippen molar-refractivity contribution in [3.63, 3.8) is 0 Å². The molecule has 0 bridgehead atoms. The smallest absolute Gasteiger partial charge is 0.291 e. The van der Waals surface area contributed by atoms with Crippen molar-refractivity contribution in [2.24, 2.45) is 4.99 Å². The van der Waals surface area contributed by atoms with Crippen LogP contribution in [0.4, 0.5) is 0 Å². The van der Waals surface area contributed by atoms with Crippen LogP contribution in [0.5, 0.6) is 5.75 Å². The summed E-state index contributed by atoms with van der Waals surface area (Å²) in [6, 6.07) is 7.11. The number of aliphatic imine (C=N–C) groups is 1. The van der Waals surface area contributed by atoms with Gasteiger partial charge in [-0.25, -0.2) is 4.99 Å². The normalized spacial score (nSPS) is 11.1. The Bertz CT molecular complexity index is 441. The Balaban J connectivity index is 2.57. The van der Waals surface area contributed by atoms with Gasteiger partial charge < -0.3 is 9.47 Å². The molecular weight excluding hydrogens is 256 g/mol. The number of rotatable bonds is 6. The van der Waals surface area contributed by atoms with Crippen molar-refractivity contribution in [3.05, 3.63) is 29.8 Å². The van der Waals surface area contributed by atoms with Gasteiger partial charge in [-0.1, -0.05) is 19.8 Å². The number of unbranched alkanes of at least 4 members (excludes halogenated alkanes) is 2. The Hall–Kier alpha value is -2.04. The molecule has 1 rings (SSSR count). The fourth-order valence-corrected chi connectivity index (χ4v) is 1.61. The Morgan fingerprint density at radius 1 is 1.20 bits per heavy atom. The van der Waals surface area contributed by atoms with Crippen molar-refractivity contribution in [1.29, 1.82) is 0 Å². The highest BCUT2D eigenvalue weighted by molar-refractivity contribution is 6.04. The fourth-order valence-electron chi connectivity index (χ4n) is 1.61. The fraction of sp³-hybridized carbons (Fsp3) is 0.467. The average Bonchev–Trinajstić information content (AvgIpc) is 2.50. The molecular formula is C15H22N2O3. The van der Waals surface area contributed by atoms with E-state index < -0.39 is 0 Å². The van der Waals surface area contributed by atoms with Crippen LogP contribution in [0.25, 0.3) is 0 Å². The molecule has 0 fully saturated rings. The molecule has 0 atom stereocenters. The minimum absolute atomic E-state index is 0.247. The zero-order valence-corrected chi connectivity index (χ0v) is 12.3. The third-order valence-electron chi connectivity index (χ3n) is 2.78. The van der Waals surface area contributed by atoms with Crippen molar-refractivity contribution in [3.8, 4) is 5.75 Å². The molecule has 0 saturated heterocycles. The first-order valence-corrected chi connectivity index (χ1v) is 6.75. The van der Waals surface area contributed by atoms with Gasteiger partial charge in [0, 0.05) is 12.1 Å². The van der Waals surface area contributed by atoms with Crippen LogP contribution in [0.3, 0.4) is 0 Å². The van der Waals surface area contributed by atoms with Gasteiger partial charge in [0.05, 0.1) is 14.2 Å². The Kier molecular flexibility index (Phi) is 7.17. The van der Waals surface area contributed by atoms with Gasteiger partial charge in [-0.05, 0) is 30.7 Å². The first kappa shape index (κ1) is 16.0. The minimum atomic E-state index is -0.247. The topological polar surface area (TPSA) is 59.9 Å². The minimum Gasteiger partial charge on any atom is -0.497 e. The third-order valence-corrected chi connectivity index (χ3v) is 2.78. The van der Waals surface area contributed by atoms with E-state index in [1.54, 1.807) is 31.4 Å². The van der Waals surface area contributed by atoms with E-state index in [4.69, 9.17) is 9.47 Å². The molecule has 0 unspecified atom stereocenters. The van der Waals surface area contributed by atoms with Crippen LogP contribution in [0.1, 0.15) is 36.5 Å². The van der Waals surface area contributed by atoms with Gasteiger partial charge in [0.15, 0.2) is 0 Å². The van der Waals surface area contributed by atoms with Crippen molar-refractivity contribution in [1.82, 2.24) is 5.32 Å². The highest BCUT2D eigenvalue weighted by Crippen LogP contribution is 2.11. The first-order valence-electron chi connectivity index (χ1n) is 6.75. The van der Waals surface area contributed by atoms with E-state index in [0.717, 1.165) is 19.3 Å². The van der Waals surface area contributed by atoms with E-state index in [-0.39, 0.29) is 11.9 Å². The maximum atomic E-state index is 12.0. The predicted octanol–water partition coefficient (Wildman–Crippen LogP) is 2.62. The van der Waals surface area contributed by atoms with E-state index in [2.05, 4.69) is 17.2 Å². The third kappa shape index (κ3) is 5.30. The lowest BCUT2D eigenvalue weighted by molar-refractivity contribution is 0.0968. The summed E-state index contributed by atoms with van der Waals surface area (Å²) in [4.78, 5) is 16.2. The van der Waals surface area contributed by atoms with E-state index in [1.165, 1.54) is 7.11 Å². The van der Waals surface area contributed by atoms with Gasteiger partial charge in [0.1, 0.15) is 5.75 Å². The maximum absolute atomic E-state index is 12.0. The number of hydrogen-bond acceptors (Lipinski definition) is 4. The average molecular weight is 278 g/mol. The van der Waals surface area contributed by atoms with Crippen LogP contribution in [0, 0.1) is 0 Å². The number of nitrogens with zero attached hydrogens (tertiary/aromatic N) is 1. The van der Waals surface area contributed by atoms with Gasteiger partial charge in [-0.2, -0.15) is 0 Å². The highest BCUT2D eigenvalue weighted by Gasteiger charge is 2.08. The highest BCUT2D eigenvalue weighted by atomic mass is 16.5. The number of benzene rings is 1. The summed E-state index contributed by atoms with van der Waals surface area (Å²) in [6.45, 7) is 2.78. The summed E-state index contributed by atoms with van der Waals surface area (Å²) in [5.74, 6) is 0.463. The van der Waals surface area contributed by atoms with E-state index in [9.17, 15) is 4.79 Å². The van der Waals surface area contributed by atoms with Crippen LogP contribution in [-0.2, 0) is 4.74 Å². The number of carbonyl (C=O) groups excluding carboxylic acids is 1. The van der Waals surface area contributed by atoms with Crippen LogP contribution in [0.15, 0.2) is 29.3 Å². The summed E-state index contributed by atoms with van der Waals surface area (Å²) >= 11 is 0. The summed E-state index contributed by atoms with van der Waals surface area (Å²) in [5, 5.41) is 2.65. The lowest BCUT2D eigenvalue weighted by Gasteiger charge is -2.08. The van der Waals surface area contributed by atoms with Crippen LogP contribution >= 0.6 is 0 Å². The number of amides is 1. The second-order valence-electron chi connectivity index (χ2n) is 4.28. The number of carbonyl (C=O) groups is 1. The van der Waals surface area contributed by atoms with Gasteiger partial charge in [0.2, 0.25) is 0 Å². The van der Waals surface area contributed by atoms with E-state index in [0.29, 0.717) is 17.9 Å². The number of amidine groups is 1. The summed E-state index contributed by atoms with van der Waals surface area (Å²) in [6.07, 6.45) is 3.24. The Morgan fingerprint density at radius 3 is 2.45 bits per heavy atom. The van der Waals surface area contributed by atoms with Gasteiger partial charge in [0.25, 0.3) is 11.9 Å². The molecule has 5 heteroatoms. The molecule has 20 heavy (non-hydrogen) atoms. The molecule has 110 valence electrons. The lowest BCUT2D eigenvalue weighted by atomic mass is 10.2. The second-order valence-corrected chi connectivity index (χ2v) is 4.28. The van der Waals surface area contributed by atoms with E-state index in [1.807, 2.05) is 0 Å². The molecule has 1 N–H and O–H groups in total. The quantitative estimate of drug-likeness (QED) is 0.494. The Morgan fingerprint density at radius 2 is 1.90 bits per heavy atom. The standard InChI is InChI=1S/C15H22N2O3/c1-4-5-6-11-16-15(20-3)17-14(18)12-7-9-13(19-2)10-8-12/h7-10H,4-6,11H2,1-3H3,(H,16,17,18). The molecule has 0 radical (unpaired) electrons. The van der Waals surface area contributed by atoms with Crippen LogP contribution < -0.4 is 10.1 Å². The van der Waals surface area contributed by atoms with Crippen molar-refractivity contribution < 1.29 is 14.3 Å². The van der Waals surface area contributed by atoms with Gasteiger partial charge >= 0.3 is 0 Å². The van der Waals surface area contributed by atoms with Crippen molar-refractivity contribution in [2.75, 3.05) is 20.8 Å². The number of hydrogen-bond donors (Lipinski definition) is 1. The first-order chi connectivity index (χ1) is 9.71. The van der Waals surface area contributed by atoms with Crippen molar-refractivity contribution in [2.45, 2.75) is 26.2 Å². The van der Waals surface area contributed by atoms with Gasteiger partial charge in [-0.15, -0.1) is 0 Å². The largest absolute Gasteiger partial charge is 0.497 e. The molecule has 0 spiro atoms. The van der Waals surface area contributed by atoms with Crippen LogP contribution in [0.2, 0.25) is 0 Å². The lowest BCUT2D eigenvalue weighted by Crippen LogP contribution is -2.32. The number of methoxy groups -OCH3 is 2. The molecule has 0 aliphatic carbocycles. The molecule has 0 aliphatic rings. The molecule has 1 amide bonds. The monoisotopic (exact) mass is 278 g/mol. The summed E-state index contributed by atoms with van der Waals surface area (Å²) in [5.41, 5.74) is 0.532. The van der Waals surface area contributed by atoms with Gasteiger partial charge in [-0.3, -0.25) is 10.1 Å².